The highest BCUT2D eigenvalue weighted by Crippen LogP contribution is 2.26. The molecule has 0 bridgehead atoms. The molecule has 1 aromatic carbocycles. The third-order valence-corrected chi connectivity index (χ3v) is 2.35. The minimum Gasteiger partial charge on any atom is -0.399 e. The number of halogens is 2. The summed E-state index contributed by atoms with van der Waals surface area (Å²) in [5.41, 5.74) is 5.36. The molecule has 0 aromatic heterocycles. The molecule has 1 unspecified atom stereocenters. The highest BCUT2D eigenvalue weighted by atomic mass is 19.1. The predicted octanol–water partition coefficient (Wildman–Crippen LogP) is 1.21. The maximum atomic E-state index is 13.5. The van der Waals surface area contributed by atoms with Gasteiger partial charge in [0.1, 0.15) is 17.7 Å². The maximum Gasteiger partial charge on any atom is 0.134 e. The summed E-state index contributed by atoms with van der Waals surface area (Å²) in [6.07, 6.45) is -0.570. The van der Waals surface area contributed by atoms with Crippen LogP contribution in [0.25, 0.3) is 0 Å². The summed E-state index contributed by atoms with van der Waals surface area (Å²) in [5, 5.41) is 3.01. The molecule has 0 amide bonds. The van der Waals surface area contributed by atoms with Crippen molar-refractivity contribution in [2.45, 2.75) is 6.10 Å². The van der Waals surface area contributed by atoms with Gasteiger partial charge in [-0.05, 0) is 12.1 Å². The summed E-state index contributed by atoms with van der Waals surface area (Å²) >= 11 is 0. The maximum absolute atomic E-state index is 13.5. The van der Waals surface area contributed by atoms with E-state index in [0.717, 1.165) is 12.1 Å². The van der Waals surface area contributed by atoms with E-state index in [1.165, 1.54) is 0 Å². The standard InChI is InChI=1S/C10H12F2N2O/c11-7-3-6(13)4-8(12)10(7)9-5-14-1-2-15-9/h3-4,9,14H,1-2,5,13H2. The second-order valence-electron chi connectivity index (χ2n) is 3.46. The van der Waals surface area contributed by atoms with Crippen molar-refractivity contribution in [2.24, 2.45) is 0 Å². The summed E-state index contributed by atoms with van der Waals surface area (Å²) in [6, 6.07) is 2.22. The molecule has 2 rings (SSSR count). The van der Waals surface area contributed by atoms with Gasteiger partial charge in [0.05, 0.1) is 12.2 Å². The fraction of sp³-hybridized carbons (Fsp3) is 0.400. The minimum absolute atomic E-state index is 0.0450. The Balaban J connectivity index is 2.33. The van der Waals surface area contributed by atoms with E-state index < -0.39 is 17.7 Å². The lowest BCUT2D eigenvalue weighted by atomic mass is 10.1. The number of rotatable bonds is 1. The molecule has 1 aromatic rings. The van der Waals surface area contributed by atoms with E-state index in [1.807, 2.05) is 0 Å². The second kappa shape index (κ2) is 4.12. The van der Waals surface area contributed by atoms with Gasteiger partial charge in [0.25, 0.3) is 0 Å². The number of benzene rings is 1. The van der Waals surface area contributed by atoms with Gasteiger partial charge in [-0.1, -0.05) is 0 Å². The molecule has 1 atom stereocenters. The molecule has 1 heterocycles. The number of hydrogen-bond donors (Lipinski definition) is 2. The quantitative estimate of drug-likeness (QED) is 0.691. The van der Waals surface area contributed by atoms with Crippen LogP contribution in [0.2, 0.25) is 0 Å². The van der Waals surface area contributed by atoms with Gasteiger partial charge in [-0.25, -0.2) is 8.78 Å². The molecule has 0 spiro atoms. The third-order valence-electron chi connectivity index (χ3n) is 2.35. The lowest BCUT2D eigenvalue weighted by Gasteiger charge is -2.24. The average Bonchev–Trinajstić information content (AvgIpc) is 2.17. The van der Waals surface area contributed by atoms with Gasteiger partial charge in [0, 0.05) is 18.8 Å². The van der Waals surface area contributed by atoms with Crippen LogP contribution in [0.4, 0.5) is 14.5 Å². The van der Waals surface area contributed by atoms with Crippen molar-refractivity contribution in [1.82, 2.24) is 5.32 Å². The van der Waals surface area contributed by atoms with E-state index >= 15 is 0 Å². The summed E-state index contributed by atoms with van der Waals surface area (Å²) in [7, 11) is 0. The predicted molar refractivity (Wildman–Crippen MR) is 52.3 cm³/mol. The first-order valence-corrected chi connectivity index (χ1v) is 4.75. The average molecular weight is 214 g/mol. The smallest absolute Gasteiger partial charge is 0.134 e. The monoisotopic (exact) mass is 214 g/mol. The molecule has 0 radical (unpaired) electrons. The largest absolute Gasteiger partial charge is 0.399 e. The van der Waals surface area contributed by atoms with Crippen LogP contribution in [0, 0.1) is 11.6 Å². The Morgan fingerprint density at radius 2 is 2.00 bits per heavy atom. The number of ether oxygens (including phenoxy) is 1. The van der Waals surface area contributed by atoms with Gasteiger partial charge in [0.15, 0.2) is 0 Å². The fourth-order valence-electron chi connectivity index (χ4n) is 1.66. The first kappa shape index (κ1) is 10.3. The first-order chi connectivity index (χ1) is 7.18. The third kappa shape index (κ3) is 2.08. The van der Waals surface area contributed by atoms with Gasteiger partial charge in [-0.3, -0.25) is 0 Å². The summed E-state index contributed by atoms with van der Waals surface area (Å²) < 4.78 is 32.2. The SMILES string of the molecule is Nc1cc(F)c(C2CNCCO2)c(F)c1. The highest BCUT2D eigenvalue weighted by molar-refractivity contribution is 5.42. The van der Waals surface area contributed by atoms with Crippen LogP contribution in [0.1, 0.15) is 11.7 Å². The summed E-state index contributed by atoms with van der Waals surface area (Å²) in [5.74, 6) is -1.30. The zero-order valence-corrected chi connectivity index (χ0v) is 8.09. The lowest BCUT2D eigenvalue weighted by molar-refractivity contribution is 0.0232. The number of nitrogens with one attached hydrogen (secondary N) is 1. The molecule has 1 aliphatic rings. The van der Waals surface area contributed by atoms with E-state index in [-0.39, 0.29) is 11.3 Å². The number of anilines is 1. The van der Waals surface area contributed by atoms with Crippen LogP contribution in [0.5, 0.6) is 0 Å². The Labute approximate surface area is 86.2 Å². The van der Waals surface area contributed by atoms with E-state index in [0.29, 0.717) is 19.7 Å². The molecule has 5 heteroatoms. The van der Waals surface area contributed by atoms with E-state index in [9.17, 15) is 8.78 Å². The molecule has 15 heavy (non-hydrogen) atoms. The molecule has 1 fully saturated rings. The van der Waals surface area contributed by atoms with Crippen LogP contribution >= 0.6 is 0 Å². The van der Waals surface area contributed by atoms with E-state index in [2.05, 4.69) is 5.32 Å². The molecular formula is C10H12F2N2O. The van der Waals surface area contributed by atoms with Crippen molar-refractivity contribution in [1.29, 1.82) is 0 Å². The van der Waals surface area contributed by atoms with Crippen molar-refractivity contribution < 1.29 is 13.5 Å². The molecule has 1 aliphatic heterocycles. The topological polar surface area (TPSA) is 47.3 Å². The van der Waals surface area contributed by atoms with Crippen LogP contribution < -0.4 is 11.1 Å². The Morgan fingerprint density at radius 3 is 2.53 bits per heavy atom. The van der Waals surface area contributed by atoms with Gasteiger partial charge >= 0.3 is 0 Å². The highest BCUT2D eigenvalue weighted by Gasteiger charge is 2.23. The molecule has 0 aliphatic carbocycles. The van der Waals surface area contributed by atoms with Crippen molar-refractivity contribution in [2.75, 3.05) is 25.4 Å². The zero-order chi connectivity index (χ0) is 10.8. The van der Waals surface area contributed by atoms with Crippen molar-refractivity contribution in [3.63, 3.8) is 0 Å². The van der Waals surface area contributed by atoms with E-state index in [4.69, 9.17) is 10.5 Å². The minimum atomic E-state index is -0.652. The first-order valence-electron chi connectivity index (χ1n) is 4.75. The zero-order valence-electron chi connectivity index (χ0n) is 8.09. The van der Waals surface area contributed by atoms with E-state index in [1.54, 1.807) is 0 Å². The Kier molecular flexibility index (Phi) is 2.83. The number of nitrogens with two attached hydrogens (primary N) is 1. The normalized spacial score (nSPS) is 21.6. The summed E-state index contributed by atoms with van der Waals surface area (Å²) in [4.78, 5) is 0. The Morgan fingerprint density at radius 1 is 1.33 bits per heavy atom. The number of morpholine rings is 1. The van der Waals surface area contributed by atoms with Crippen molar-refractivity contribution in [3.05, 3.63) is 29.3 Å². The van der Waals surface area contributed by atoms with Gasteiger partial charge < -0.3 is 15.8 Å². The Hall–Kier alpha value is -1.20. The molecule has 3 N–H and O–H groups in total. The lowest BCUT2D eigenvalue weighted by Crippen LogP contribution is -2.34. The molecular weight excluding hydrogens is 202 g/mol. The number of hydrogen-bond acceptors (Lipinski definition) is 3. The van der Waals surface area contributed by atoms with Crippen molar-refractivity contribution >= 4 is 5.69 Å². The van der Waals surface area contributed by atoms with Gasteiger partial charge in [-0.15, -0.1) is 0 Å². The van der Waals surface area contributed by atoms with Crippen LogP contribution in [0.15, 0.2) is 12.1 Å². The number of nitrogen functional groups attached to an aromatic ring is 1. The van der Waals surface area contributed by atoms with Crippen molar-refractivity contribution in [3.8, 4) is 0 Å². The van der Waals surface area contributed by atoms with Crippen LogP contribution in [0.3, 0.4) is 0 Å². The van der Waals surface area contributed by atoms with Gasteiger partial charge in [0.2, 0.25) is 0 Å². The van der Waals surface area contributed by atoms with Crippen LogP contribution in [-0.4, -0.2) is 19.7 Å². The van der Waals surface area contributed by atoms with Gasteiger partial charge in [-0.2, -0.15) is 0 Å². The second-order valence-corrected chi connectivity index (χ2v) is 3.46. The molecule has 3 nitrogen and oxygen atoms in total. The Bertz CT molecular complexity index is 341. The molecule has 1 saturated heterocycles. The fourth-order valence-corrected chi connectivity index (χ4v) is 1.66. The summed E-state index contributed by atoms with van der Waals surface area (Å²) in [6.45, 7) is 1.57. The molecule has 82 valence electrons. The van der Waals surface area contributed by atoms with Crippen LogP contribution in [-0.2, 0) is 4.74 Å². The molecule has 0 saturated carbocycles.